The van der Waals surface area contributed by atoms with E-state index in [0.29, 0.717) is 5.82 Å². The van der Waals surface area contributed by atoms with Gasteiger partial charge < -0.3 is 10.1 Å². The maximum absolute atomic E-state index is 11.9. The molecule has 10 heteroatoms. The van der Waals surface area contributed by atoms with Gasteiger partial charge in [-0.2, -0.15) is 5.10 Å². The van der Waals surface area contributed by atoms with Crippen LogP contribution in [0.1, 0.15) is 12.6 Å². The number of rotatable bonds is 5. The lowest BCUT2D eigenvalue weighted by Crippen LogP contribution is -2.20. The van der Waals surface area contributed by atoms with Crippen molar-refractivity contribution in [3.8, 4) is 0 Å². The lowest BCUT2D eigenvalue weighted by molar-refractivity contribution is -0.117. The summed E-state index contributed by atoms with van der Waals surface area (Å²) in [6.45, 7) is 3.75. The van der Waals surface area contributed by atoms with Gasteiger partial charge in [0.25, 0.3) is 0 Å². The summed E-state index contributed by atoms with van der Waals surface area (Å²) in [5, 5.41) is 16.7. The van der Waals surface area contributed by atoms with Crippen molar-refractivity contribution >= 4 is 23.6 Å². The molecule has 2 amide bonds. The molecule has 22 heavy (non-hydrogen) atoms. The molecule has 0 fully saturated rings. The second kappa shape index (κ2) is 6.70. The number of carbonyl (C=O) groups excluding carboxylic acids is 2. The quantitative estimate of drug-likeness (QED) is 0.832. The van der Waals surface area contributed by atoms with Crippen molar-refractivity contribution < 1.29 is 14.3 Å². The summed E-state index contributed by atoms with van der Waals surface area (Å²) < 4.78 is 7.59. The molecule has 10 nitrogen and oxygen atoms in total. The van der Waals surface area contributed by atoms with Crippen molar-refractivity contribution in [2.45, 2.75) is 20.4 Å². The fraction of sp³-hybridized carbons (Fsp3) is 0.417. The van der Waals surface area contributed by atoms with Gasteiger partial charge >= 0.3 is 6.09 Å². The molecule has 0 unspecified atom stereocenters. The zero-order valence-electron chi connectivity index (χ0n) is 12.5. The van der Waals surface area contributed by atoms with Gasteiger partial charge in [-0.25, -0.2) is 9.48 Å². The van der Waals surface area contributed by atoms with E-state index >= 15 is 0 Å². The van der Waals surface area contributed by atoms with Crippen LogP contribution in [-0.4, -0.2) is 43.4 Å². The minimum Gasteiger partial charge on any atom is -0.450 e. The van der Waals surface area contributed by atoms with Crippen molar-refractivity contribution in [1.29, 1.82) is 0 Å². The Morgan fingerprint density at radius 1 is 1.36 bits per heavy atom. The standard InChI is InChI=1S/C12H17N7O3/c1-4-22-12(21)13-9-6-19(17-15-9)7-11(20)14-10-5-8(2)16-18(10)3/h5-6H,4,7H2,1-3H3,(H,13,21)(H,14,20). The highest BCUT2D eigenvalue weighted by Crippen LogP contribution is 2.08. The topological polar surface area (TPSA) is 116 Å². The molecule has 0 saturated carbocycles. The van der Waals surface area contributed by atoms with E-state index in [1.165, 1.54) is 10.9 Å². The monoisotopic (exact) mass is 307 g/mol. The summed E-state index contributed by atoms with van der Waals surface area (Å²) in [6.07, 6.45) is 0.815. The van der Waals surface area contributed by atoms with Gasteiger partial charge in [-0.05, 0) is 13.8 Å². The molecule has 0 aliphatic carbocycles. The Labute approximate surface area is 126 Å². The molecule has 0 spiro atoms. The first-order chi connectivity index (χ1) is 10.5. The number of hydrogen-bond donors (Lipinski definition) is 2. The number of hydrogen-bond acceptors (Lipinski definition) is 6. The van der Waals surface area contributed by atoms with E-state index in [1.807, 2.05) is 6.92 Å². The predicted octanol–water partition coefficient (Wildman–Crippen LogP) is 0.527. The Balaban J connectivity index is 1.91. The van der Waals surface area contributed by atoms with Crippen molar-refractivity contribution in [1.82, 2.24) is 24.8 Å². The molecule has 2 N–H and O–H groups in total. The van der Waals surface area contributed by atoms with Gasteiger partial charge in [-0.3, -0.25) is 14.8 Å². The molecule has 2 rings (SSSR count). The third-order valence-electron chi connectivity index (χ3n) is 2.62. The minimum absolute atomic E-state index is 0.0399. The van der Waals surface area contributed by atoms with Gasteiger partial charge in [0.1, 0.15) is 12.4 Å². The molecular formula is C12H17N7O3. The van der Waals surface area contributed by atoms with Crippen LogP contribution in [0.25, 0.3) is 0 Å². The predicted molar refractivity (Wildman–Crippen MR) is 77.2 cm³/mol. The number of nitrogens with one attached hydrogen (secondary N) is 2. The van der Waals surface area contributed by atoms with Crippen LogP contribution in [0.2, 0.25) is 0 Å². The first kappa shape index (κ1) is 15.5. The number of amides is 2. The number of aromatic nitrogens is 5. The molecule has 2 heterocycles. The summed E-state index contributed by atoms with van der Waals surface area (Å²) in [6, 6.07) is 1.76. The van der Waals surface area contributed by atoms with Crippen LogP contribution < -0.4 is 10.6 Å². The van der Waals surface area contributed by atoms with Gasteiger partial charge in [-0.1, -0.05) is 5.21 Å². The summed E-state index contributed by atoms with van der Waals surface area (Å²) >= 11 is 0. The number of aryl methyl sites for hydroxylation is 2. The second-order valence-corrected chi connectivity index (χ2v) is 4.49. The molecule has 0 aliphatic rings. The second-order valence-electron chi connectivity index (χ2n) is 4.49. The number of anilines is 2. The highest BCUT2D eigenvalue weighted by Gasteiger charge is 2.11. The molecule has 0 radical (unpaired) electrons. The Bertz CT molecular complexity index is 676. The van der Waals surface area contributed by atoms with Crippen LogP contribution in [0.4, 0.5) is 16.4 Å². The van der Waals surface area contributed by atoms with Crippen molar-refractivity contribution in [3.05, 3.63) is 18.0 Å². The fourth-order valence-electron chi connectivity index (χ4n) is 1.76. The summed E-state index contributed by atoms with van der Waals surface area (Å²) in [4.78, 5) is 23.1. The minimum atomic E-state index is -0.621. The Hall–Kier alpha value is -2.91. The van der Waals surface area contributed by atoms with E-state index in [0.717, 1.165) is 5.69 Å². The van der Waals surface area contributed by atoms with Crippen LogP contribution >= 0.6 is 0 Å². The molecule has 2 aromatic rings. The van der Waals surface area contributed by atoms with E-state index in [-0.39, 0.29) is 24.9 Å². The normalized spacial score (nSPS) is 10.3. The molecular weight excluding hydrogens is 290 g/mol. The highest BCUT2D eigenvalue weighted by molar-refractivity contribution is 5.89. The van der Waals surface area contributed by atoms with E-state index in [1.54, 1.807) is 24.7 Å². The molecule has 0 bridgehead atoms. The Morgan fingerprint density at radius 2 is 2.14 bits per heavy atom. The summed E-state index contributed by atoms with van der Waals surface area (Å²) in [7, 11) is 1.74. The number of nitrogens with zero attached hydrogens (tertiary/aromatic N) is 5. The molecule has 0 aromatic carbocycles. The first-order valence-electron chi connectivity index (χ1n) is 6.62. The van der Waals surface area contributed by atoms with Crippen molar-refractivity contribution in [2.24, 2.45) is 7.05 Å². The van der Waals surface area contributed by atoms with Crippen LogP contribution in [0.5, 0.6) is 0 Å². The third kappa shape index (κ3) is 4.04. The lowest BCUT2D eigenvalue weighted by atomic mass is 10.4. The third-order valence-corrected chi connectivity index (χ3v) is 2.62. The highest BCUT2D eigenvalue weighted by atomic mass is 16.5. The summed E-state index contributed by atoms with van der Waals surface area (Å²) in [5.41, 5.74) is 0.805. The average molecular weight is 307 g/mol. The average Bonchev–Trinajstić information content (AvgIpc) is 2.97. The smallest absolute Gasteiger partial charge is 0.412 e. The lowest BCUT2D eigenvalue weighted by Gasteiger charge is -2.04. The van der Waals surface area contributed by atoms with E-state index in [4.69, 9.17) is 4.74 Å². The van der Waals surface area contributed by atoms with Gasteiger partial charge in [0.05, 0.1) is 18.5 Å². The van der Waals surface area contributed by atoms with E-state index in [2.05, 4.69) is 26.0 Å². The SMILES string of the molecule is CCOC(=O)Nc1cn(CC(=O)Nc2cc(C)nn2C)nn1. The molecule has 118 valence electrons. The van der Waals surface area contributed by atoms with Gasteiger partial charge in [0.2, 0.25) is 5.91 Å². The number of carbonyl (C=O) groups is 2. The van der Waals surface area contributed by atoms with Crippen molar-refractivity contribution in [3.63, 3.8) is 0 Å². The Morgan fingerprint density at radius 3 is 2.77 bits per heavy atom. The van der Waals surface area contributed by atoms with Crippen LogP contribution in [0, 0.1) is 6.92 Å². The molecule has 0 saturated heterocycles. The molecule has 2 aromatic heterocycles. The Kier molecular flexibility index (Phi) is 4.71. The number of ether oxygens (including phenoxy) is 1. The zero-order valence-corrected chi connectivity index (χ0v) is 12.5. The van der Waals surface area contributed by atoms with Crippen LogP contribution in [0.15, 0.2) is 12.3 Å². The molecule has 0 atom stereocenters. The maximum atomic E-state index is 11.9. The zero-order chi connectivity index (χ0) is 16.1. The van der Waals surface area contributed by atoms with E-state index < -0.39 is 6.09 Å². The summed E-state index contributed by atoms with van der Waals surface area (Å²) in [5.74, 6) is 0.519. The van der Waals surface area contributed by atoms with Crippen molar-refractivity contribution in [2.75, 3.05) is 17.2 Å². The fourth-order valence-corrected chi connectivity index (χ4v) is 1.76. The largest absolute Gasteiger partial charge is 0.450 e. The molecule has 0 aliphatic heterocycles. The van der Waals surface area contributed by atoms with Gasteiger partial charge in [0, 0.05) is 13.1 Å². The van der Waals surface area contributed by atoms with Gasteiger partial charge in [-0.15, -0.1) is 5.10 Å². The van der Waals surface area contributed by atoms with Crippen LogP contribution in [-0.2, 0) is 23.1 Å². The van der Waals surface area contributed by atoms with Crippen LogP contribution in [0.3, 0.4) is 0 Å². The first-order valence-corrected chi connectivity index (χ1v) is 6.62. The van der Waals surface area contributed by atoms with E-state index in [9.17, 15) is 9.59 Å². The maximum Gasteiger partial charge on any atom is 0.412 e. The van der Waals surface area contributed by atoms with Gasteiger partial charge in [0.15, 0.2) is 5.82 Å².